The first-order valence-corrected chi connectivity index (χ1v) is 7.02. The van der Waals surface area contributed by atoms with E-state index >= 15 is 0 Å². The van der Waals surface area contributed by atoms with Crippen molar-refractivity contribution in [2.24, 2.45) is 0 Å². The molecule has 0 saturated carbocycles. The van der Waals surface area contributed by atoms with E-state index in [2.05, 4.69) is 31.2 Å². The van der Waals surface area contributed by atoms with E-state index in [4.69, 9.17) is 4.42 Å². The van der Waals surface area contributed by atoms with E-state index in [9.17, 15) is 0 Å². The molecule has 4 aromatic rings. The van der Waals surface area contributed by atoms with Crippen LogP contribution in [0.1, 0.15) is 19.9 Å². The first-order chi connectivity index (χ1) is 10.2. The Balaban J connectivity index is 1.99. The van der Waals surface area contributed by atoms with Gasteiger partial charge in [-0.25, -0.2) is 4.98 Å². The van der Waals surface area contributed by atoms with Gasteiger partial charge in [0.25, 0.3) is 0 Å². The number of rotatable bonds is 2. The lowest BCUT2D eigenvalue weighted by Crippen LogP contribution is -2.28. The van der Waals surface area contributed by atoms with Crippen molar-refractivity contribution < 1.29 is 8.98 Å². The number of pyridine rings is 1. The molecular formula is C17H15N3O. The topological polar surface area (TPSA) is 34.8 Å². The summed E-state index contributed by atoms with van der Waals surface area (Å²) in [4.78, 5) is 4.30. The second-order valence-electron chi connectivity index (χ2n) is 5.38. The maximum atomic E-state index is 5.95. The van der Waals surface area contributed by atoms with Crippen molar-refractivity contribution in [2.45, 2.75) is 19.9 Å². The van der Waals surface area contributed by atoms with E-state index < -0.39 is 0 Å². The number of furan rings is 1. The van der Waals surface area contributed by atoms with Crippen molar-refractivity contribution in [3.8, 4) is 5.69 Å². The van der Waals surface area contributed by atoms with Crippen molar-refractivity contribution in [1.82, 2.24) is 9.55 Å². The highest BCUT2D eigenvalue weighted by atomic mass is 16.3. The average Bonchev–Trinajstić information content (AvgIpc) is 3.11. The molecule has 21 heavy (non-hydrogen) atoms. The summed E-state index contributed by atoms with van der Waals surface area (Å²) < 4.78 is 9.95. The Labute approximate surface area is 122 Å². The molecule has 0 unspecified atom stereocenters. The van der Waals surface area contributed by atoms with Crippen LogP contribution in [0.5, 0.6) is 0 Å². The molecule has 0 saturated heterocycles. The van der Waals surface area contributed by atoms with E-state index in [0.717, 1.165) is 22.0 Å². The maximum Gasteiger partial charge on any atom is 0.243 e. The minimum atomic E-state index is 0.378. The molecule has 0 aliphatic heterocycles. The Morgan fingerprint density at radius 1 is 1.19 bits per heavy atom. The molecular weight excluding hydrogens is 262 g/mol. The molecule has 0 bridgehead atoms. The lowest BCUT2D eigenvalue weighted by Gasteiger charge is -2.04. The summed E-state index contributed by atoms with van der Waals surface area (Å²) in [6.45, 7) is 4.26. The number of benzene rings is 1. The monoisotopic (exact) mass is 277 g/mol. The SMILES string of the molecule is CC(C)n1[c-][n+](-c2cccc3c2oc2ncccc23)cc1. The van der Waals surface area contributed by atoms with Crippen LogP contribution in [-0.4, -0.2) is 9.55 Å². The van der Waals surface area contributed by atoms with Crippen LogP contribution in [0.2, 0.25) is 0 Å². The lowest BCUT2D eigenvalue weighted by molar-refractivity contribution is -0.598. The quantitative estimate of drug-likeness (QED) is 0.415. The van der Waals surface area contributed by atoms with Gasteiger partial charge in [-0.3, -0.25) is 0 Å². The van der Waals surface area contributed by atoms with E-state index in [0.29, 0.717) is 11.8 Å². The number of para-hydroxylation sites is 1. The third kappa shape index (κ3) is 1.83. The summed E-state index contributed by atoms with van der Waals surface area (Å²) in [7, 11) is 0. The molecule has 0 amide bonds. The van der Waals surface area contributed by atoms with Gasteiger partial charge in [0, 0.05) is 29.4 Å². The van der Waals surface area contributed by atoms with Gasteiger partial charge in [0.15, 0.2) is 0 Å². The molecule has 1 aromatic carbocycles. The van der Waals surface area contributed by atoms with Crippen molar-refractivity contribution in [1.29, 1.82) is 0 Å². The third-order valence-corrected chi connectivity index (χ3v) is 3.67. The van der Waals surface area contributed by atoms with E-state index in [1.54, 1.807) is 6.20 Å². The standard InChI is InChI=1S/C17H15N3O/c1-12(2)19-9-10-20(11-19)15-7-3-5-13-14-6-4-8-18-17(14)21-16(13)15/h3-10,12H,1-2H3. The zero-order valence-corrected chi connectivity index (χ0v) is 11.9. The van der Waals surface area contributed by atoms with Gasteiger partial charge in [-0.05, 0) is 26.0 Å². The van der Waals surface area contributed by atoms with Gasteiger partial charge in [-0.15, -0.1) is 0 Å². The van der Waals surface area contributed by atoms with E-state index in [1.165, 1.54) is 0 Å². The Bertz CT molecular complexity index is 933. The summed E-state index contributed by atoms with van der Waals surface area (Å²) in [6, 6.07) is 10.5. The van der Waals surface area contributed by atoms with Crippen LogP contribution < -0.4 is 4.57 Å². The van der Waals surface area contributed by atoms with Gasteiger partial charge in [-0.2, -0.15) is 0 Å². The molecule has 4 heteroatoms. The lowest BCUT2D eigenvalue weighted by atomic mass is 10.2. The van der Waals surface area contributed by atoms with Crippen molar-refractivity contribution in [2.75, 3.05) is 0 Å². The highest BCUT2D eigenvalue weighted by Crippen LogP contribution is 2.29. The molecule has 104 valence electrons. The molecule has 0 atom stereocenters. The van der Waals surface area contributed by atoms with E-state index in [-0.39, 0.29) is 0 Å². The summed E-state index contributed by atoms with van der Waals surface area (Å²) in [6.07, 6.45) is 9.08. The summed E-state index contributed by atoms with van der Waals surface area (Å²) in [5, 5.41) is 2.12. The van der Waals surface area contributed by atoms with Crippen molar-refractivity contribution in [3.05, 3.63) is 55.2 Å². The van der Waals surface area contributed by atoms with Crippen LogP contribution in [0, 0.1) is 6.33 Å². The van der Waals surface area contributed by atoms with Crippen LogP contribution in [0.25, 0.3) is 27.8 Å². The fourth-order valence-corrected chi connectivity index (χ4v) is 2.56. The molecule has 0 fully saturated rings. The molecule has 0 aliphatic carbocycles. The number of fused-ring (bicyclic) bond motifs is 3. The Morgan fingerprint density at radius 3 is 2.86 bits per heavy atom. The van der Waals surface area contributed by atoms with Gasteiger partial charge in [0.2, 0.25) is 12.0 Å². The maximum absolute atomic E-state index is 5.95. The zero-order valence-electron chi connectivity index (χ0n) is 11.9. The Morgan fingerprint density at radius 2 is 2.05 bits per heavy atom. The first kappa shape index (κ1) is 12.1. The van der Waals surface area contributed by atoms with Crippen LogP contribution in [-0.2, 0) is 0 Å². The zero-order chi connectivity index (χ0) is 14.4. The summed E-state index contributed by atoms with van der Waals surface area (Å²) in [5.41, 5.74) is 2.49. The van der Waals surface area contributed by atoms with Crippen molar-refractivity contribution >= 4 is 22.1 Å². The largest absolute Gasteiger partial charge is 0.443 e. The molecule has 4 rings (SSSR count). The minimum Gasteiger partial charge on any atom is -0.443 e. The summed E-state index contributed by atoms with van der Waals surface area (Å²) in [5.74, 6) is 0. The second kappa shape index (κ2) is 4.45. The van der Waals surface area contributed by atoms with Gasteiger partial charge >= 0.3 is 0 Å². The normalized spacial score (nSPS) is 11.8. The Kier molecular flexibility index (Phi) is 2.57. The molecule has 0 radical (unpaired) electrons. The fourth-order valence-electron chi connectivity index (χ4n) is 2.56. The number of hydrogen-bond donors (Lipinski definition) is 0. The molecule has 0 spiro atoms. The predicted octanol–water partition coefficient (Wildman–Crippen LogP) is 3.44. The van der Waals surface area contributed by atoms with Crippen LogP contribution in [0.15, 0.2) is 53.3 Å². The second-order valence-corrected chi connectivity index (χ2v) is 5.38. The Hall–Kier alpha value is -2.62. The highest BCUT2D eigenvalue weighted by Gasteiger charge is 2.12. The fraction of sp³-hybridized carbons (Fsp3) is 0.176. The van der Waals surface area contributed by atoms with Crippen LogP contribution in [0.4, 0.5) is 0 Å². The molecule has 3 aromatic heterocycles. The number of aromatic nitrogens is 3. The smallest absolute Gasteiger partial charge is 0.243 e. The van der Waals surface area contributed by atoms with Gasteiger partial charge < -0.3 is 13.6 Å². The number of hydrogen-bond acceptors (Lipinski definition) is 2. The highest BCUT2D eigenvalue weighted by molar-refractivity contribution is 6.05. The first-order valence-electron chi connectivity index (χ1n) is 7.02. The van der Waals surface area contributed by atoms with Gasteiger partial charge in [0.05, 0.1) is 11.7 Å². The van der Waals surface area contributed by atoms with Crippen LogP contribution >= 0.6 is 0 Å². The van der Waals surface area contributed by atoms with Gasteiger partial charge in [0.1, 0.15) is 5.58 Å². The molecule has 4 nitrogen and oxygen atoms in total. The number of imidazole rings is 1. The molecule has 0 N–H and O–H groups in total. The predicted molar refractivity (Wildman–Crippen MR) is 80.3 cm³/mol. The van der Waals surface area contributed by atoms with Gasteiger partial charge in [-0.1, -0.05) is 18.2 Å². The third-order valence-electron chi connectivity index (χ3n) is 3.67. The van der Waals surface area contributed by atoms with E-state index in [1.807, 2.05) is 45.8 Å². The molecule has 0 aliphatic rings. The average molecular weight is 277 g/mol. The molecule has 3 heterocycles. The van der Waals surface area contributed by atoms with Crippen LogP contribution in [0.3, 0.4) is 0 Å². The number of nitrogens with zero attached hydrogens (tertiary/aromatic N) is 3. The summed E-state index contributed by atoms with van der Waals surface area (Å²) >= 11 is 0. The minimum absolute atomic E-state index is 0.378. The van der Waals surface area contributed by atoms with Crippen molar-refractivity contribution in [3.63, 3.8) is 0 Å².